The molecule has 0 bridgehead atoms. The van der Waals surface area contributed by atoms with Gasteiger partial charge < -0.3 is 9.80 Å². The average Bonchev–Trinajstić information content (AvgIpc) is 3.10. The smallest absolute Gasteiger partial charge is 0.231 e. The number of anilines is 2. The Kier molecular flexibility index (Phi) is 10.8. The number of carbonyl (C=O) groups is 1. The number of amides is 1. The Morgan fingerprint density at radius 1 is 0.811 bits per heavy atom. The fourth-order valence-corrected chi connectivity index (χ4v) is 5.95. The molecule has 200 valence electrons. The molecule has 2 aromatic rings. The van der Waals surface area contributed by atoms with Crippen LogP contribution in [-0.4, -0.2) is 55.0 Å². The zero-order chi connectivity index (χ0) is 25.9. The fourth-order valence-electron chi connectivity index (χ4n) is 5.95. The number of benzene rings is 2. The molecule has 0 aliphatic carbocycles. The first-order chi connectivity index (χ1) is 18.2. The predicted molar refractivity (Wildman–Crippen MR) is 158 cm³/mol. The number of hydrogen-bond donors (Lipinski definition) is 0. The normalized spacial score (nSPS) is 16.0. The van der Waals surface area contributed by atoms with Gasteiger partial charge in [-0.3, -0.25) is 9.69 Å². The lowest BCUT2D eigenvalue weighted by molar-refractivity contribution is -0.118. The first-order valence-electron chi connectivity index (χ1n) is 14.8. The van der Waals surface area contributed by atoms with Gasteiger partial charge in [-0.1, -0.05) is 81.7 Å². The van der Waals surface area contributed by atoms with E-state index in [2.05, 4.69) is 60.1 Å². The summed E-state index contributed by atoms with van der Waals surface area (Å²) in [6.45, 7) is 11.9. The van der Waals surface area contributed by atoms with Crippen molar-refractivity contribution in [3.8, 4) is 0 Å². The van der Waals surface area contributed by atoms with Crippen molar-refractivity contribution in [1.82, 2.24) is 9.80 Å². The van der Waals surface area contributed by atoms with Gasteiger partial charge in [-0.15, -0.1) is 0 Å². The third kappa shape index (κ3) is 7.78. The van der Waals surface area contributed by atoms with Gasteiger partial charge in [-0.05, 0) is 101 Å². The first-order valence-corrected chi connectivity index (χ1v) is 14.8. The van der Waals surface area contributed by atoms with Crippen LogP contribution in [0.2, 0.25) is 0 Å². The maximum absolute atomic E-state index is 13.4. The third-order valence-corrected chi connectivity index (χ3v) is 8.35. The Balaban J connectivity index is 1.15. The van der Waals surface area contributed by atoms with Crippen LogP contribution >= 0.6 is 0 Å². The number of piperidine rings is 1. The van der Waals surface area contributed by atoms with E-state index in [4.69, 9.17) is 0 Å². The second-order valence-electron chi connectivity index (χ2n) is 10.8. The Labute approximate surface area is 225 Å². The van der Waals surface area contributed by atoms with Crippen LogP contribution in [0.5, 0.6) is 0 Å². The van der Waals surface area contributed by atoms with E-state index in [-0.39, 0.29) is 5.91 Å². The van der Waals surface area contributed by atoms with Gasteiger partial charge in [0.05, 0.1) is 11.4 Å². The lowest BCUT2D eigenvalue weighted by Crippen LogP contribution is -2.34. The standard InChI is InChI=1S/C33H47N3O/c1-3-34(4-2)24-13-11-14-28-22-26-35(27-23-28)25-12-5-6-19-33(37)36-31-17-9-7-15-29(31)20-21-30-16-8-10-18-32(30)36/h7-10,15-18,20-21,28H,3-6,11-14,19,22-27H2,1-2H3. The Morgan fingerprint density at radius 3 is 2.05 bits per heavy atom. The number of rotatable bonds is 13. The number of unbranched alkanes of at least 4 members (excludes halogenated alkanes) is 3. The summed E-state index contributed by atoms with van der Waals surface area (Å²) >= 11 is 0. The van der Waals surface area contributed by atoms with Crippen LogP contribution < -0.4 is 4.90 Å². The summed E-state index contributed by atoms with van der Waals surface area (Å²) in [6, 6.07) is 16.4. The molecule has 0 saturated carbocycles. The molecule has 4 nitrogen and oxygen atoms in total. The minimum absolute atomic E-state index is 0.199. The number of fused-ring (bicyclic) bond motifs is 2. The zero-order valence-electron chi connectivity index (χ0n) is 23.2. The summed E-state index contributed by atoms with van der Waals surface area (Å²) in [7, 11) is 0. The van der Waals surface area contributed by atoms with E-state index in [1.54, 1.807) is 0 Å². The van der Waals surface area contributed by atoms with Gasteiger partial charge in [0.1, 0.15) is 0 Å². The largest absolute Gasteiger partial charge is 0.304 e. The highest BCUT2D eigenvalue weighted by atomic mass is 16.2. The van der Waals surface area contributed by atoms with Crippen LogP contribution in [0.15, 0.2) is 48.5 Å². The SMILES string of the molecule is CCN(CC)CCCCC1CCN(CCCCCC(=O)N2c3ccccc3C=Cc3ccccc32)CC1. The Hall–Kier alpha value is -2.43. The van der Waals surface area contributed by atoms with Crippen molar-refractivity contribution in [3.05, 3.63) is 59.7 Å². The number of carbonyl (C=O) groups excluding carboxylic acids is 1. The maximum Gasteiger partial charge on any atom is 0.231 e. The molecular formula is C33H47N3O. The van der Waals surface area contributed by atoms with Gasteiger partial charge in [-0.25, -0.2) is 0 Å². The molecule has 1 fully saturated rings. The van der Waals surface area contributed by atoms with E-state index in [9.17, 15) is 4.79 Å². The second-order valence-corrected chi connectivity index (χ2v) is 10.8. The molecule has 0 N–H and O–H groups in total. The maximum atomic E-state index is 13.4. The van der Waals surface area contributed by atoms with Crippen LogP contribution in [0.25, 0.3) is 12.2 Å². The summed E-state index contributed by atoms with van der Waals surface area (Å²) in [5, 5.41) is 0. The highest BCUT2D eigenvalue weighted by Gasteiger charge is 2.23. The lowest BCUT2D eigenvalue weighted by Gasteiger charge is -2.32. The van der Waals surface area contributed by atoms with Gasteiger partial charge >= 0.3 is 0 Å². The van der Waals surface area contributed by atoms with Crippen LogP contribution in [0.3, 0.4) is 0 Å². The molecule has 1 saturated heterocycles. The quantitative estimate of drug-likeness (QED) is 0.264. The summed E-state index contributed by atoms with van der Waals surface area (Å²) in [5.74, 6) is 1.13. The lowest BCUT2D eigenvalue weighted by atomic mass is 9.91. The molecule has 1 amide bonds. The van der Waals surface area contributed by atoms with E-state index in [1.165, 1.54) is 77.8 Å². The second kappa shape index (κ2) is 14.5. The summed E-state index contributed by atoms with van der Waals surface area (Å²) < 4.78 is 0. The van der Waals surface area contributed by atoms with Crippen LogP contribution in [0, 0.1) is 5.92 Å². The fraction of sp³-hybridized carbons (Fsp3) is 0.545. The van der Waals surface area contributed by atoms with Crippen molar-refractivity contribution in [3.63, 3.8) is 0 Å². The molecule has 37 heavy (non-hydrogen) atoms. The Morgan fingerprint density at radius 2 is 1.43 bits per heavy atom. The van der Waals surface area contributed by atoms with Crippen molar-refractivity contribution in [2.75, 3.05) is 44.2 Å². The van der Waals surface area contributed by atoms with E-state index >= 15 is 0 Å². The van der Waals surface area contributed by atoms with Crippen LogP contribution in [0.1, 0.15) is 82.8 Å². The monoisotopic (exact) mass is 501 g/mol. The van der Waals surface area contributed by atoms with Crippen molar-refractivity contribution in [2.24, 2.45) is 5.92 Å². The summed E-state index contributed by atoms with van der Waals surface area (Å²) in [5.41, 5.74) is 4.17. The number of hydrogen-bond acceptors (Lipinski definition) is 3. The van der Waals surface area contributed by atoms with Crippen molar-refractivity contribution in [2.45, 2.75) is 71.6 Å². The van der Waals surface area contributed by atoms with E-state index in [0.717, 1.165) is 41.3 Å². The molecule has 2 aromatic carbocycles. The molecular weight excluding hydrogens is 454 g/mol. The van der Waals surface area contributed by atoms with E-state index in [1.807, 2.05) is 29.2 Å². The van der Waals surface area contributed by atoms with Crippen LogP contribution in [-0.2, 0) is 4.79 Å². The topological polar surface area (TPSA) is 26.8 Å². The van der Waals surface area contributed by atoms with Crippen molar-refractivity contribution >= 4 is 29.4 Å². The van der Waals surface area contributed by atoms with Crippen molar-refractivity contribution in [1.29, 1.82) is 0 Å². The summed E-state index contributed by atoms with van der Waals surface area (Å²) in [6.07, 6.45) is 15.0. The minimum Gasteiger partial charge on any atom is -0.304 e. The summed E-state index contributed by atoms with van der Waals surface area (Å²) in [4.78, 5) is 20.6. The number of para-hydroxylation sites is 2. The van der Waals surface area contributed by atoms with E-state index < -0.39 is 0 Å². The van der Waals surface area contributed by atoms with Gasteiger partial charge in [-0.2, -0.15) is 0 Å². The van der Waals surface area contributed by atoms with Gasteiger partial charge in [0, 0.05) is 6.42 Å². The molecule has 0 aromatic heterocycles. The highest BCUT2D eigenvalue weighted by Crippen LogP contribution is 2.36. The van der Waals surface area contributed by atoms with Crippen molar-refractivity contribution < 1.29 is 4.79 Å². The zero-order valence-corrected chi connectivity index (χ0v) is 23.2. The predicted octanol–water partition coefficient (Wildman–Crippen LogP) is 7.62. The molecule has 0 radical (unpaired) electrons. The molecule has 0 spiro atoms. The van der Waals surface area contributed by atoms with Gasteiger partial charge in [0.2, 0.25) is 5.91 Å². The molecule has 2 aliphatic rings. The molecule has 0 unspecified atom stereocenters. The molecule has 4 heteroatoms. The minimum atomic E-state index is 0.199. The number of likely N-dealkylation sites (tertiary alicyclic amines) is 1. The van der Waals surface area contributed by atoms with Gasteiger partial charge in [0.15, 0.2) is 0 Å². The molecule has 0 atom stereocenters. The number of nitrogens with zero attached hydrogens (tertiary/aromatic N) is 3. The third-order valence-electron chi connectivity index (χ3n) is 8.35. The molecule has 4 rings (SSSR count). The highest BCUT2D eigenvalue weighted by molar-refractivity contribution is 6.06. The van der Waals surface area contributed by atoms with E-state index in [0.29, 0.717) is 6.42 Å². The average molecular weight is 502 g/mol. The first kappa shape index (κ1) is 27.6. The molecule has 2 aliphatic heterocycles. The Bertz CT molecular complexity index is 955. The van der Waals surface area contributed by atoms with Gasteiger partial charge in [0.25, 0.3) is 0 Å². The molecule has 2 heterocycles. The van der Waals surface area contributed by atoms with Crippen LogP contribution in [0.4, 0.5) is 11.4 Å².